The number of ether oxygens (including phenoxy) is 1. The van der Waals surface area contributed by atoms with Crippen molar-refractivity contribution in [3.05, 3.63) is 41.8 Å². The second kappa shape index (κ2) is 6.00. The third-order valence-electron chi connectivity index (χ3n) is 3.26. The van der Waals surface area contributed by atoms with E-state index in [9.17, 15) is 4.39 Å². The molecule has 1 atom stereocenters. The molecule has 0 bridgehead atoms. The third kappa shape index (κ3) is 3.14. The zero-order valence-electron chi connectivity index (χ0n) is 11.0. The molecule has 6 heteroatoms. The van der Waals surface area contributed by atoms with Gasteiger partial charge in [-0.2, -0.15) is 4.98 Å². The molecule has 1 aromatic heterocycles. The molecule has 20 heavy (non-hydrogen) atoms. The van der Waals surface area contributed by atoms with Crippen LogP contribution in [0, 0.1) is 5.82 Å². The summed E-state index contributed by atoms with van der Waals surface area (Å²) in [6.45, 7) is 1.14. The van der Waals surface area contributed by atoms with E-state index >= 15 is 0 Å². The lowest BCUT2D eigenvalue weighted by Crippen LogP contribution is -2.27. The topological polar surface area (TPSA) is 60.2 Å². The number of piperidine rings is 1. The maximum atomic E-state index is 13.0. The van der Waals surface area contributed by atoms with Crippen LogP contribution in [-0.2, 0) is 6.61 Å². The van der Waals surface area contributed by atoms with Crippen molar-refractivity contribution >= 4 is 0 Å². The Morgan fingerprint density at radius 2 is 2.35 bits per heavy atom. The molecule has 1 unspecified atom stereocenters. The Labute approximate surface area is 116 Å². The van der Waals surface area contributed by atoms with Gasteiger partial charge < -0.3 is 14.6 Å². The van der Waals surface area contributed by atoms with Gasteiger partial charge in [-0.05, 0) is 31.5 Å². The smallest absolute Gasteiger partial charge is 0.243 e. The number of benzene rings is 1. The fourth-order valence-corrected chi connectivity index (χ4v) is 2.23. The lowest BCUT2D eigenvalue weighted by molar-refractivity contribution is 0.275. The van der Waals surface area contributed by atoms with E-state index in [4.69, 9.17) is 9.26 Å². The molecule has 1 N–H and O–H groups in total. The number of nitrogens with zero attached hydrogens (tertiary/aromatic N) is 2. The van der Waals surface area contributed by atoms with Gasteiger partial charge in [-0.25, -0.2) is 4.39 Å². The van der Waals surface area contributed by atoms with Crippen LogP contribution in [0.2, 0.25) is 0 Å². The quantitative estimate of drug-likeness (QED) is 0.930. The van der Waals surface area contributed by atoms with E-state index in [0.29, 0.717) is 17.5 Å². The lowest BCUT2D eigenvalue weighted by Gasteiger charge is -2.19. The first-order chi connectivity index (χ1) is 9.81. The molecule has 3 rings (SSSR count). The molecule has 0 aliphatic carbocycles. The summed E-state index contributed by atoms with van der Waals surface area (Å²) in [5.74, 6) is 1.19. The van der Waals surface area contributed by atoms with E-state index in [0.717, 1.165) is 19.4 Å². The Morgan fingerprint density at radius 1 is 1.40 bits per heavy atom. The fraction of sp³-hybridized carbons (Fsp3) is 0.429. The summed E-state index contributed by atoms with van der Waals surface area (Å²) < 4.78 is 23.7. The summed E-state index contributed by atoms with van der Waals surface area (Å²) >= 11 is 0. The van der Waals surface area contributed by atoms with Crippen molar-refractivity contribution in [1.82, 2.24) is 15.5 Å². The molecule has 1 saturated heterocycles. The maximum absolute atomic E-state index is 13.0. The molecule has 2 aromatic rings. The van der Waals surface area contributed by atoms with Crippen LogP contribution < -0.4 is 10.1 Å². The Morgan fingerprint density at radius 3 is 3.15 bits per heavy atom. The van der Waals surface area contributed by atoms with E-state index in [-0.39, 0.29) is 18.5 Å². The molecule has 1 aliphatic heterocycles. The molecule has 2 heterocycles. The molecule has 1 fully saturated rings. The van der Waals surface area contributed by atoms with Crippen molar-refractivity contribution < 1.29 is 13.7 Å². The molecule has 0 saturated carbocycles. The van der Waals surface area contributed by atoms with Crippen molar-refractivity contribution in [3.63, 3.8) is 0 Å². The van der Waals surface area contributed by atoms with Gasteiger partial charge in [-0.3, -0.25) is 0 Å². The Bertz CT molecular complexity index is 567. The number of nitrogens with one attached hydrogen (secondary N) is 1. The fourth-order valence-electron chi connectivity index (χ4n) is 2.23. The van der Waals surface area contributed by atoms with Gasteiger partial charge in [0.05, 0.1) is 6.04 Å². The normalized spacial score (nSPS) is 18.9. The highest BCUT2D eigenvalue weighted by Crippen LogP contribution is 2.21. The summed E-state index contributed by atoms with van der Waals surface area (Å²) in [5.41, 5.74) is 0. The van der Waals surface area contributed by atoms with Gasteiger partial charge in [-0.15, -0.1) is 0 Å². The molecule has 0 spiro atoms. The van der Waals surface area contributed by atoms with Crippen LogP contribution in [0.15, 0.2) is 28.8 Å². The summed E-state index contributed by atoms with van der Waals surface area (Å²) in [5, 5.41) is 7.23. The van der Waals surface area contributed by atoms with Gasteiger partial charge in [0.15, 0.2) is 6.61 Å². The van der Waals surface area contributed by atoms with Crippen LogP contribution in [0.4, 0.5) is 4.39 Å². The molecule has 106 valence electrons. The number of halogens is 1. The van der Waals surface area contributed by atoms with E-state index in [1.54, 1.807) is 12.1 Å². The van der Waals surface area contributed by atoms with Crippen LogP contribution in [-0.4, -0.2) is 16.7 Å². The zero-order valence-corrected chi connectivity index (χ0v) is 11.0. The first kappa shape index (κ1) is 13.1. The summed E-state index contributed by atoms with van der Waals surface area (Å²) in [6.07, 6.45) is 3.35. The SMILES string of the molecule is Fc1cccc(OCc2noc(C3CCCCN3)n2)c1. The van der Waals surface area contributed by atoms with Crippen LogP contribution in [0.1, 0.15) is 37.0 Å². The molecule has 1 aromatic carbocycles. The number of hydrogen-bond acceptors (Lipinski definition) is 5. The van der Waals surface area contributed by atoms with Gasteiger partial charge in [0, 0.05) is 6.07 Å². The predicted molar refractivity (Wildman–Crippen MR) is 69.6 cm³/mol. The predicted octanol–water partition coefficient (Wildman–Crippen LogP) is 2.60. The van der Waals surface area contributed by atoms with Crippen LogP contribution in [0.3, 0.4) is 0 Å². The minimum atomic E-state index is -0.331. The minimum absolute atomic E-state index is 0.138. The monoisotopic (exact) mass is 277 g/mol. The van der Waals surface area contributed by atoms with Crippen molar-refractivity contribution in [2.45, 2.75) is 31.9 Å². The first-order valence-corrected chi connectivity index (χ1v) is 6.75. The Hall–Kier alpha value is -1.95. The van der Waals surface area contributed by atoms with E-state index in [2.05, 4.69) is 15.5 Å². The number of rotatable bonds is 4. The standard InChI is InChI=1S/C14H16FN3O2/c15-10-4-3-5-11(8-10)19-9-13-17-14(20-18-13)12-6-1-2-7-16-12/h3-5,8,12,16H,1-2,6-7,9H2. The molecule has 1 aliphatic rings. The van der Waals surface area contributed by atoms with Crippen LogP contribution in [0.25, 0.3) is 0 Å². The van der Waals surface area contributed by atoms with Gasteiger partial charge in [0.25, 0.3) is 0 Å². The van der Waals surface area contributed by atoms with Gasteiger partial charge >= 0.3 is 0 Å². The Kier molecular flexibility index (Phi) is 3.92. The van der Waals surface area contributed by atoms with E-state index < -0.39 is 0 Å². The lowest BCUT2D eigenvalue weighted by atomic mass is 10.1. The average molecular weight is 277 g/mol. The van der Waals surface area contributed by atoms with Crippen molar-refractivity contribution in [1.29, 1.82) is 0 Å². The van der Waals surface area contributed by atoms with Crippen molar-refractivity contribution in [3.8, 4) is 5.75 Å². The highest BCUT2D eigenvalue weighted by molar-refractivity contribution is 5.22. The second-order valence-electron chi connectivity index (χ2n) is 4.80. The molecule has 0 radical (unpaired) electrons. The molecular formula is C14H16FN3O2. The van der Waals surface area contributed by atoms with E-state index in [1.807, 2.05) is 0 Å². The molecule has 5 nitrogen and oxygen atoms in total. The zero-order chi connectivity index (χ0) is 13.8. The molecular weight excluding hydrogens is 261 g/mol. The first-order valence-electron chi connectivity index (χ1n) is 6.75. The highest BCUT2D eigenvalue weighted by Gasteiger charge is 2.20. The average Bonchev–Trinajstić information content (AvgIpc) is 2.95. The van der Waals surface area contributed by atoms with Gasteiger partial charge in [0.2, 0.25) is 11.7 Å². The summed E-state index contributed by atoms with van der Waals surface area (Å²) in [6, 6.07) is 6.11. The van der Waals surface area contributed by atoms with Gasteiger partial charge in [0.1, 0.15) is 11.6 Å². The minimum Gasteiger partial charge on any atom is -0.485 e. The summed E-state index contributed by atoms with van der Waals surface area (Å²) in [4.78, 5) is 4.31. The van der Waals surface area contributed by atoms with Gasteiger partial charge in [-0.1, -0.05) is 17.6 Å². The Balaban J connectivity index is 1.59. The third-order valence-corrected chi connectivity index (χ3v) is 3.26. The largest absolute Gasteiger partial charge is 0.485 e. The second-order valence-corrected chi connectivity index (χ2v) is 4.80. The number of hydrogen-bond donors (Lipinski definition) is 1. The van der Waals surface area contributed by atoms with Crippen LogP contribution in [0.5, 0.6) is 5.75 Å². The number of aromatic nitrogens is 2. The highest BCUT2D eigenvalue weighted by atomic mass is 19.1. The molecule has 0 amide bonds. The van der Waals surface area contributed by atoms with Crippen LogP contribution >= 0.6 is 0 Å². The summed E-state index contributed by atoms with van der Waals surface area (Å²) in [7, 11) is 0. The van der Waals surface area contributed by atoms with Crippen molar-refractivity contribution in [2.75, 3.05) is 6.54 Å². The maximum Gasteiger partial charge on any atom is 0.243 e. The van der Waals surface area contributed by atoms with E-state index in [1.165, 1.54) is 18.6 Å². The van der Waals surface area contributed by atoms with Crippen molar-refractivity contribution in [2.24, 2.45) is 0 Å².